The van der Waals surface area contributed by atoms with E-state index in [4.69, 9.17) is 4.52 Å². The van der Waals surface area contributed by atoms with Crippen LogP contribution < -0.4 is 0 Å². The van der Waals surface area contributed by atoms with Crippen LogP contribution >= 0.6 is 0 Å². The van der Waals surface area contributed by atoms with Gasteiger partial charge in [-0.05, 0) is 19.1 Å². The Morgan fingerprint density at radius 1 is 1.10 bits per heavy atom. The smallest absolute Gasteiger partial charge is 0.246 e. The molecule has 2 aromatic carbocycles. The molecule has 1 aliphatic rings. The third-order valence-electron chi connectivity index (χ3n) is 5.13. The van der Waals surface area contributed by atoms with Crippen molar-refractivity contribution in [2.75, 3.05) is 26.2 Å². The van der Waals surface area contributed by atoms with Crippen molar-refractivity contribution in [2.45, 2.75) is 13.5 Å². The molecule has 0 atom stereocenters. The SMILES string of the molecule is Cc1ccc(-c2noc(CN3CCN(C(=O)C=Cc4ccccc4F)CC3)n2)cc1. The average Bonchev–Trinajstić information content (AvgIpc) is 3.22. The maximum absolute atomic E-state index is 13.7. The van der Waals surface area contributed by atoms with Gasteiger partial charge in [0.05, 0.1) is 6.54 Å². The number of halogens is 1. The number of aromatic nitrogens is 2. The first-order valence-electron chi connectivity index (χ1n) is 9.92. The minimum absolute atomic E-state index is 0.114. The number of amides is 1. The minimum Gasteiger partial charge on any atom is -0.338 e. The number of hydrogen-bond acceptors (Lipinski definition) is 5. The molecule has 0 N–H and O–H groups in total. The van der Waals surface area contributed by atoms with Crippen LogP contribution in [0.5, 0.6) is 0 Å². The zero-order valence-electron chi connectivity index (χ0n) is 16.8. The number of benzene rings is 2. The summed E-state index contributed by atoms with van der Waals surface area (Å²) < 4.78 is 19.1. The van der Waals surface area contributed by atoms with Gasteiger partial charge < -0.3 is 9.42 Å². The number of nitrogens with zero attached hydrogens (tertiary/aromatic N) is 4. The van der Waals surface area contributed by atoms with Crippen molar-refractivity contribution in [3.8, 4) is 11.4 Å². The highest BCUT2D eigenvalue weighted by Gasteiger charge is 2.21. The molecule has 6 nitrogen and oxygen atoms in total. The quantitative estimate of drug-likeness (QED) is 0.607. The van der Waals surface area contributed by atoms with Crippen LogP contribution in [-0.2, 0) is 11.3 Å². The van der Waals surface area contributed by atoms with Crippen LogP contribution in [0.4, 0.5) is 4.39 Å². The summed E-state index contributed by atoms with van der Waals surface area (Å²) in [5.74, 6) is 0.690. The van der Waals surface area contributed by atoms with Crippen LogP contribution in [0, 0.1) is 12.7 Å². The van der Waals surface area contributed by atoms with Gasteiger partial charge in [-0.3, -0.25) is 9.69 Å². The second-order valence-electron chi connectivity index (χ2n) is 7.33. The normalized spacial score (nSPS) is 15.1. The molecule has 0 unspecified atom stereocenters. The summed E-state index contributed by atoms with van der Waals surface area (Å²) in [4.78, 5) is 20.8. The monoisotopic (exact) mass is 406 g/mol. The summed E-state index contributed by atoms with van der Waals surface area (Å²) in [7, 11) is 0. The Morgan fingerprint density at radius 2 is 1.83 bits per heavy atom. The van der Waals surface area contributed by atoms with E-state index < -0.39 is 0 Å². The molecule has 2 heterocycles. The van der Waals surface area contributed by atoms with Crippen LogP contribution in [0.25, 0.3) is 17.5 Å². The second kappa shape index (κ2) is 9.00. The molecule has 7 heteroatoms. The van der Waals surface area contributed by atoms with Gasteiger partial charge in [0.2, 0.25) is 17.6 Å². The molecule has 1 fully saturated rings. The van der Waals surface area contributed by atoms with E-state index in [-0.39, 0.29) is 11.7 Å². The van der Waals surface area contributed by atoms with Crippen molar-refractivity contribution >= 4 is 12.0 Å². The number of aryl methyl sites for hydroxylation is 1. The molecule has 0 aliphatic carbocycles. The van der Waals surface area contributed by atoms with E-state index in [2.05, 4.69) is 15.0 Å². The molecular formula is C23H23FN4O2. The van der Waals surface area contributed by atoms with Crippen molar-refractivity contribution in [3.05, 3.63) is 77.4 Å². The molecule has 1 amide bonds. The summed E-state index contributed by atoms with van der Waals surface area (Å²) in [6.07, 6.45) is 2.95. The van der Waals surface area contributed by atoms with E-state index in [1.807, 2.05) is 31.2 Å². The van der Waals surface area contributed by atoms with Gasteiger partial charge in [-0.1, -0.05) is 53.2 Å². The van der Waals surface area contributed by atoms with Crippen LogP contribution in [0.15, 0.2) is 59.1 Å². The summed E-state index contributed by atoms with van der Waals surface area (Å²) in [5.41, 5.74) is 2.51. The molecular weight excluding hydrogens is 383 g/mol. The first-order chi connectivity index (χ1) is 14.6. The Hall–Kier alpha value is -3.32. The van der Waals surface area contributed by atoms with Crippen molar-refractivity contribution in [1.29, 1.82) is 0 Å². The third kappa shape index (κ3) is 4.80. The largest absolute Gasteiger partial charge is 0.338 e. The lowest BCUT2D eigenvalue weighted by Gasteiger charge is -2.33. The van der Waals surface area contributed by atoms with Crippen molar-refractivity contribution < 1.29 is 13.7 Å². The van der Waals surface area contributed by atoms with E-state index >= 15 is 0 Å². The lowest BCUT2D eigenvalue weighted by molar-refractivity contribution is -0.127. The molecule has 154 valence electrons. The highest BCUT2D eigenvalue weighted by atomic mass is 19.1. The van der Waals surface area contributed by atoms with Gasteiger partial charge in [0.1, 0.15) is 5.82 Å². The zero-order valence-corrected chi connectivity index (χ0v) is 16.8. The summed E-state index contributed by atoms with van der Waals surface area (Å²) in [6, 6.07) is 14.4. The van der Waals surface area contributed by atoms with Gasteiger partial charge in [0.15, 0.2) is 0 Å². The van der Waals surface area contributed by atoms with Crippen molar-refractivity contribution in [3.63, 3.8) is 0 Å². The van der Waals surface area contributed by atoms with Gasteiger partial charge >= 0.3 is 0 Å². The van der Waals surface area contributed by atoms with Crippen LogP contribution in [0.2, 0.25) is 0 Å². The van der Waals surface area contributed by atoms with Crippen LogP contribution in [0.3, 0.4) is 0 Å². The maximum Gasteiger partial charge on any atom is 0.246 e. The van der Waals surface area contributed by atoms with E-state index in [0.29, 0.717) is 50.0 Å². The lowest BCUT2D eigenvalue weighted by Crippen LogP contribution is -2.47. The first kappa shape index (κ1) is 20.0. The molecule has 4 rings (SSSR count). The maximum atomic E-state index is 13.7. The molecule has 1 aliphatic heterocycles. The van der Waals surface area contributed by atoms with Gasteiger partial charge in [-0.15, -0.1) is 0 Å². The first-order valence-corrected chi connectivity index (χ1v) is 9.92. The molecule has 1 aromatic heterocycles. The van der Waals surface area contributed by atoms with Crippen molar-refractivity contribution in [2.24, 2.45) is 0 Å². The predicted octanol–water partition coefficient (Wildman–Crippen LogP) is 3.54. The van der Waals surface area contributed by atoms with E-state index in [0.717, 1.165) is 5.56 Å². The average molecular weight is 406 g/mol. The van der Waals surface area contributed by atoms with Crippen LogP contribution in [0.1, 0.15) is 17.0 Å². The highest BCUT2D eigenvalue weighted by molar-refractivity contribution is 5.91. The third-order valence-corrected chi connectivity index (χ3v) is 5.13. The van der Waals surface area contributed by atoms with Crippen molar-refractivity contribution in [1.82, 2.24) is 19.9 Å². The number of carbonyl (C=O) groups excluding carboxylic acids is 1. The molecule has 0 spiro atoms. The fraction of sp³-hybridized carbons (Fsp3) is 0.261. The zero-order chi connectivity index (χ0) is 20.9. The van der Waals surface area contributed by atoms with Gasteiger partial charge in [-0.25, -0.2) is 4.39 Å². The number of rotatable bonds is 5. The standard InChI is InChI=1S/C23H23FN4O2/c1-17-6-8-19(9-7-17)23-25-21(30-26-23)16-27-12-14-28(15-13-27)22(29)11-10-18-4-2-3-5-20(18)24/h2-11H,12-16H2,1H3. The highest BCUT2D eigenvalue weighted by Crippen LogP contribution is 2.17. The number of carbonyl (C=O) groups is 1. The van der Waals surface area contributed by atoms with E-state index in [1.165, 1.54) is 23.8 Å². The predicted molar refractivity (Wildman–Crippen MR) is 112 cm³/mol. The molecule has 30 heavy (non-hydrogen) atoms. The topological polar surface area (TPSA) is 62.5 Å². The number of piperazine rings is 1. The minimum atomic E-state index is -0.337. The summed E-state index contributed by atoms with van der Waals surface area (Å²) in [5, 5.41) is 4.07. The molecule has 0 radical (unpaired) electrons. The second-order valence-corrected chi connectivity index (χ2v) is 7.33. The fourth-order valence-electron chi connectivity index (χ4n) is 3.33. The Labute approximate surface area is 174 Å². The summed E-state index contributed by atoms with van der Waals surface area (Å²) >= 11 is 0. The number of hydrogen-bond donors (Lipinski definition) is 0. The Balaban J connectivity index is 1.29. The summed E-state index contributed by atoms with van der Waals surface area (Å²) in [6.45, 7) is 5.19. The van der Waals surface area contributed by atoms with Gasteiger partial charge in [0.25, 0.3) is 0 Å². The van der Waals surface area contributed by atoms with Gasteiger partial charge in [-0.2, -0.15) is 4.98 Å². The molecule has 3 aromatic rings. The molecule has 0 bridgehead atoms. The Bertz CT molecular complexity index is 1040. The molecule has 1 saturated heterocycles. The van der Waals surface area contributed by atoms with Crippen LogP contribution in [-0.4, -0.2) is 52.0 Å². The Morgan fingerprint density at radius 3 is 2.57 bits per heavy atom. The van der Waals surface area contributed by atoms with Gasteiger partial charge in [0, 0.05) is 43.4 Å². The Kier molecular flexibility index (Phi) is 5.99. The lowest BCUT2D eigenvalue weighted by atomic mass is 10.1. The fourth-order valence-corrected chi connectivity index (χ4v) is 3.33. The van der Waals surface area contributed by atoms with E-state index in [9.17, 15) is 9.18 Å². The molecule has 0 saturated carbocycles. The van der Waals surface area contributed by atoms with E-state index in [1.54, 1.807) is 23.1 Å².